The summed E-state index contributed by atoms with van der Waals surface area (Å²) in [6.45, 7) is 11.0. The lowest BCUT2D eigenvalue weighted by Crippen LogP contribution is -2.42. The lowest BCUT2D eigenvalue weighted by Gasteiger charge is -2.40. The van der Waals surface area contributed by atoms with Gasteiger partial charge in [-0.05, 0) is 24.2 Å². The van der Waals surface area contributed by atoms with E-state index in [1.54, 1.807) is 0 Å². The summed E-state index contributed by atoms with van der Waals surface area (Å²) in [5, 5.41) is 0.0173. The second kappa shape index (κ2) is 6.02. The quantitative estimate of drug-likeness (QED) is 0.568. The summed E-state index contributed by atoms with van der Waals surface area (Å²) in [6.07, 6.45) is 0.299. The third-order valence-corrected chi connectivity index (χ3v) is 10.4. The highest BCUT2D eigenvalue weighted by Crippen LogP contribution is 2.44. The van der Waals surface area contributed by atoms with Gasteiger partial charge in [-0.1, -0.05) is 20.8 Å². The molecule has 1 aliphatic rings. The number of ether oxygens (including phenoxy) is 1. The molecule has 0 N–H and O–H groups in total. The lowest BCUT2D eigenvalue weighted by molar-refractivity contribution is 0.121. The molecule has 0 aliphatic carbocycles. The van der Waals surface area contributed by atoms with Crippen molar-refractivity contribution in [1.29, 1.82) is 0 Å². The van der Waals surface area contributed by atoms with Gasteiger partial charge in [0.15, 0.2) is 8.32 Å². The lowest BCUT2D eigenvalue weighted by atomic mass is 10.0. The third kappa shape index (κ3) is 3.89. The van der Waals surface area contributed by atoms with Crippen LogP contribution in [0.25, 0.3) is 0 Å². The van der Waals surface area contributed by atoms with E-state index in [1.807, 2.05) is 0 Å². The molecule has 2 rings (SSSR count). The summed E-state index contributed by atoms with van der Waals surface area (Å²) >= 11 is 0. The van der Waals surface area contributed by atoms with Crippen molar-refractivity contribution in [2.45, 2.75) is 56.3 Å². The summed E-state index contributed by atoms with van der Waals surface area (Å²) in [5.41, 5.74) is 0.544. The molecule has 23 heavy (non-hydrogen) atoms. The fourth-order valence-electron chi connectivity index (χ4n) is 2.20. The van der Waals surface area contributed by atoms with E-state index >= 15 is 0 Å². The van der Waals surface area contributed by atoms with E-state index in [0.717, 1.165) is 6.07 Å². The highest BCUT2D eigenvalue weighted by Gasteiger charge is 2.41. The first-order valence-electron chi connectivity index (χ1n) is 7.41. The minimum atomic E-state index is -4.16. The molecular weight excluding hydrogens is 359 g/mol. The number of fused-ring (bicyclic) bond motifs is 1. The van der Waals surface area contributed by atoms with E-state index in [4.69, 9.17) is 19.8 Å². The maximum atomic E-state index is 14.2. The van der Waals surface area contributed by atoms with Crippen molar-refractivity contribution >= 4 is 28.1 Å². The number of hydrogen-bond donors (Lipinski definition) is 0. The molecule has 4 nitrogen and oxygen atoms in total. The SMILES string of the molecule is CC(C)(C)[Si](C)(C)O[C@@H]1CCOc2cc(S(=O)(=O)Cl)c(F)cc21. The number of benzene rings is 1. The first-order valence-corrected chi connectivity index (χ1v) is 12.6. The molecular formula is C15H22ClFO4SSi. The molecule has 8 heteroatoms. The summed E-state index contributed by atoms with van der Waals surface area (Å²) < 4.78 is 48.9. The molecule has 0 saturated carbocycles. The van der Waals surface area contributed by atoms with Crippen LogP contribution in [0.3, 0.4) is 0 Å². The number of halogens is 2. The van der Waals surface area contributed by atoms with Gasteiger partial charge in [0.2, 0.25) is 0 Å². The average Bonchev–Trinajstić information content (AvgIpc) is 2.36. The van der Waals surface area contributed by atoms with Crippen LogP contribution in [-0.2, 0) is 13.5 Å². The van der Waals surface area contributed by atoms with Gasteiger partial charge in [-0.15, -0.1) is 0 Å². The van der Waals surface area contributed by atoms with Crippen molar-refractivity contribution in [3.8, 4) is 5.75 Å². The summed E-state index contributed by atoms with van der Waals surface area (Å²) in [5.74, 6) is -0.561. The van der Waals surface area contributed by atoms with Gasteiger partial charge in [-0.2, -0.15) is 0 Å². The Morgan fingerprint density at radius 1 is 1.35 bits per heavy atom. The maximum Gasteiger partial charge on any atom is 0.264 e. The molecule has 0 spiro atoms. The fraction of sp³-hybridized carbons (Fsp3) is 0.600. The Kier molecular flexibility index (Phi) is 4.90. The highest BCUT2D eigenvalue weighted by molar-refractivity contribution is 8.13. The van der Waals surface area contributed by atoms with E-state index in [0.29, 0.717) is 24.3 Å². The molecule has 1 aromatic rings. The van der Waals surface area contributed by atoms with Crippen LogP contribution in [0.2, 0.25) is 18.1 Å². The molecule has 1 aliphatic heterocycles. The second-order valence-electron chi connectivity index (χ2n) is 7.26. The Bertz CT molecular complexity index is 713. The van der Waals surface area contributed by atoms with E-state index in [2.05, 4.69) is 33.9 Å². The van der Waals surface area contributed by atoms with E-state index in [1.165, 1.54) is 6.07 Å². The van der Waals surface area contributed by atoms with Crippen LogP contribution in [0.4, 0.5) is 4.39 Å². The molecule has 0 fully saturated rings. The predicted molar refractivity (Wildman–Crippen MR) is 90.6 cm³/mol. The van der Waals surface area contributed by atoms with Gasteiger partial charge in [-0.3, -0.25) is 0 Å². The van der Waals surface area contributed by atoms with Crippen molar-refractivity contribution in [3.05, 3.63) is 23.5 Å². The van der Waals surface area contributed by atoms with Crippen molar-refractivity contribution in [3.63, 3.8) is 0 Å². The Labute approximate surface area is 142 Å². The maximum absolute atomic E-state index is 14.2. The highest BCUT2D eigenvalue weighted by atomic mass is 35.7. The monoisotopic (exact) mass is 380 g/mol. The Hall–Kier alpha value is -0.633. The van der Waals surface area contributed by atoms with E-state index < -0.39 is 28.1 Å². The van der Waals surface area contributed by atoms with Crippen molar-refractivity contribution in [2.24, 2.45) is 0 Å². The standard InChI is InChI=1S/C15H22ClFO4SSi/c1-15(2,3)23(4,5)21-12-6-7-20-13-9-14(22(16,18)19)11(17)8-10(12)13/h8-9,12H,6-7H2,1-5H3/t12-/m1/s1. The molecule has 130 valence electrons. The summed E-state index contributed by atoms with van der Waals surface area (Å²) in [6, 6.07) is 2.32. The van der Waals surface area contributed by atoms with Gasteiger partial charge < -0.3 is 9.16 Å². The van der Waals surface area contributed by atoms with E-state index in [9.17, 15) is 12.8 Å². The van der Waals surface area contributed by atoms with Gasteiger partial charge in [0.25, 0.3) is 9.05 Å². The molecule has 0 aromatic heterocycles. The average molecular weight is 381 g/mol. The third-order valence-electron chi connectivity index (χ3n) is 4.55. The second-order valence-corrected chi connectivity index (χ2v) is 14.6. The van der Waals surface area contributed by atoms with Crippen molar-refractivity contribution in [2.75, 3.05) is 6.61 Å². The van der Waals surface area contributed by atoms with Gasteiger partial charge in [0.05, 0.1) is 12.7 Å². The fourth-order valence-corrected chi connectivity index (χ4v) is 4.40. The van der Waals surface area contributed by atoms with Crippen LogP contribution in [0.5, 0.6) is 5.75 Å². The molecule has 1 heterocycles. The topological polar surface area (TPSA) is 52.6 Å². The van der Waals surface area contributed by atoms with E-state index in [-0.39, 0.29) is 11.1 Å². The Morgan fingerprint density at radius 3 is 2.48 bits per heavy atom. The molecule has 0 unspecified atom stereocenters. The smallest absolute Gasteiger partial charge is 0.264 e. The van der Waals surface area contributed by atoms with Crippen LogP contribution in [0, 0.1) is 5.82 Å². The normalized spacial score (nSPS) is 19.2. The first kappa shape index (κ1) is 18.7. The minimum Gasteiger partial charge on any atom is -0.493 e. The summed E-state index contributed by atoms with van der Waals surface area (Å²) in [4.78, 5) is -0.564. The summed E-state index contributed by atoms with van der Waals surface area (Å²) in [7, 11) is -0.947. The van der Waals surface area contributed by atoms with Crippen LogP contribution in [-0.4, -0.2) is 23.3 Å². The zero-order chi connectivity index (χ0) is 17.6. The van der Waals surface area contributed by atoms with Crippen LogP contribution < -0.4 is 4.74 Å². The van der Waals surface area contributed by atoms with Gasteiger partial charge >= 0.3 is 0 Å². The Balaban J connectivity index is 2.43. The first-order chi connectivity index (χ1) is 10.3. The van der Waals surface area contributed by atoms with Gasteiger partial charge in [-0.25, -0.2) is 12.8 Å². The molecule has 1 atom stereocenters. The Morgan fingerprint density at radius 2 is 1.96 bits per heavy atom. The van der Waals surface area contributed by atoms with Crippen LogP contribution >= 0.6 is 10.7 Å². The molecule has 0 amide bonds. The zero-order valence-electron chi connectivity index (χ0n) is 13.9. The van der Waals surface area contributed by atoms with Crippen LogP contribution in [0.15, 0.2) is 17.0 Å². The van der Waals surface area contributed by atoms with Gasteiger partial charge in [0, 0.05) is 28.7 Å². The van der Waals surface area contributed by atoms with Crippen molar-refractivity contribution < 1.29 is 22.0 Å². The molecule has 0 radical (unpaired) electrons. The molecule has 0 saturated heterocycles. The minimum absolute atomic E-state index is 0.0173. The van der Waals surface area contributed by atoms with Crippen LogP contribution in [0.1, 0.15) is 38.9 Å². The predicted octanol–water partition coefficient (Wildman–Crippen LogP) is 4.60. The number of hydrogen-bond acceptors (Lipinski definition) is 4. The zero-order valence-corrected chi connectivity index (χ0v) is 16.5. The molecule has 1 aromatic carbocycles. The molecule has 0 bridgehead atoms. The number of rotatable bonds is 3. The van der Waals surface area contributed by atoms with Crippen molar-refractivity contribution in [1.82, 2.24) is 0 Å². The largest absolute Gasteiger partial charge is 0.493 e. The van der Waals surface area contributed by atoms with Gasteiger partial charge in [0.1, 0.15) is 16.5 Å².